The third kappa shape index (κ3) is 3.10. The summed E-state index contributed by atoms with van der Waals surface area (Å²) in [5, 5.41) is 10.9. The molecule has 2 rings (SSSR count). The quantitative estimate of drug-likeness (QED) is 0.858. The van der Waals surface area contributed by atoms with Crippen LogP contribution < -0.4 is 0 Å². The summed E-state index contributed by atoms with van der Waals surface area (Å²) in [6.07, 6.45) is 1.86. The molecule has 0 amide bonds. The lowest BCUT2D eigenvalue weighted by Gasteiger charge is -2.46. The number of likely N-dealkylation sites (tertiary alicyclic amines) is 1. The zero-order valence-corrected chi connectivity index (χ0v) is 11.3. The standard InChI is InChI=1S/C12H16Cl2N2O/c1-2-5-12(17)7-16(8-12)6-9-3-4-10(13)15-11(9)14/h3-4,17H,2,5-8H2,1H3. The number of aromatic nitrogens is 1. The molecule has 5 heteroatoms. The fourth-order valence-corrected chi connectivity index (χ4v) is 2.73. The lowest BCUT2D eigenvalue weighted by molar-refractivity contribution is -0.106. The predicted molar refractivity (Wildman–Crippen MR) is 69.4 cm³/mol. The van der Waals surface area contributed by atoms with Crippen molar-refractivity contribution in [2.24, 2.45) is 0 Å². The summed E-state index contributed by atoms with van der Waals surface area (Å²) in [6, 6.07) is 3.62. The number of halogens is 2. The molecule has 1 aliphatic heterocycles. The van der Waals surface area contributed by atoms with Crippen LogP contribution in [0.15, 0.2) is 12.1 Å². The maximum atomic E-state index is 10.1. The minimum absolute atomic E-state index is 0.407. The molecule has 3 nitrogen and oxygen atoms in total. The Balaban J connectivity index is 1.91. The molecule has 0 atom stereocenters. The van der Waals surface area contributed by atoms with E-state index in [0.29, 0.717) is 23.4 Å². The lowest BCUT2D eigenvalue weighted by Crippen LogP contribution is -2.60. The molecule has 0 saturated carbocycles. The molecule has 17 heavy (non-hydrogen) atoms. The van der Waals surface area contributed by atoms with E-state index < -0.39 is 5.60 Å². The van der Waals surface area contributed by atoms with Gasteiger partial charge in [-0.05, 0) is 12.5 Å². The zero-order valence-electron chi connectivity index (χ0n) is 9.79. The van der Waals surface area contributed by atoms with Crippen molar-refractivity contribution in [3.8, 4) is 0 Å². The molecule has 1 aromatic heterocycles. The molecular weight excluding hydrogens is 259 g/mol. The van der Waals surface area contributed by atoms with E-state index in [0.717, 1.165) is 24.9 Å². The molecule has 1 saturated heterocycles. The maximum absolute atomic E-state index is 10.1. The molecule has 1 aromatic rings. The summed E-state index contributed by atoms with van der Waals surface area (Å²) in [5.41, 5.74) is 0.454. The van der Waals surface area contributed by atoms with E-state index in [2.05, 4.69) is 16.8 Å². The molecule has 0 spiro atoms. The maximum Gasteiger partial charge on any atom is 0.135 e. The number of β-amino-alcohol motifs (C(OH)–C–C–N with tert-alkyl or cyclic N) is 1. The Labute approximate surface area is 111 Å². The van der Waals surface area contributed by atoms with Gasteiger partial charge in [0, 0.05) is 25.2 Å². The van der Waals surface area contributed by atoms with Crippen LogP contribution in [-0.4, -0.2) is 33.7 Å². The van der Waals surface area contributed by atoms with Crippen LogP contribution in [0, 0.1) is 0 Å². The summed E-state index contributed by atoms with van der Waals surface area (Å²) in [4.78, 5) is 6.16. The smallest absolute Gasteiger partial charge is 0.135 e. The summed E-state index contributed by atoms with van der Waals surface area (Å²) in [5.74, 6) is 0. The average Bonchev–Trinajstić information content (AvgIpc) is 2.20. The molecular formula is C12H16Cl2N2O. The first-order valence-electron chi connectivity index (χ1n) is 5.78. The van der Waals surface area contributed by atoms with Crippen LogP contribution in [0.4, 0.5) is 0 Å². The van der Waals surface area contributed by atoms with Crippen molar-refractivity contribution in [2.75, 3.05) is 13.1 Å². The van der Waals surface area contributed by atoms with Gasteiger partial charge in [0.2, 0.25) is 0 Å². The van der Waals surface area contributed by atoms with Crippen LogP contribution in [0.5, 0.6) is 0 Å². The first kappa shape index (κ1) is 13.1. The lowest BCUT2D eigenvalue weighted by atomic mass is 9.89. The second kappa shape index (κ2) is 5.11. The Morgan fingerprint density at radius 2 is 2.12 bits per heavy atom. The number of hydrogen-bond donors (Lipinski definition) is 1. The van der Waals surface area contributed by atoms with E-state index in [9.17, 15) is 5.11 Å². The fraction of sp³-hybridized carbons (Fsp3) is 0.583. The Bertz CT molecular complexity index is 405. The highest BCUT2D eigenvalue weighted by atomic mass is 35.5. The number of rotatable bonds is 4. The molecule has 94 valence electrons. The minimum Gasteiger partial charge on any atom is -0.387 e. The highest BCUT2D eigenvalue weighted by Gasteiger charge is 2.39. The van der Waals surface area contributed by atoms with Crippen molar-refractivity contribution in [1.29, 1.82) is 0 Å². The molecule has 0 bridgehead atoms. The van der Waals surface area contributed by atoms with Gasteiger partial charge < -0.3 is 5.11 Å². The van der Waals surface area contributed by atoms with Gasteiger partial charge in [-0.15, -0.1) is 0 Å². The van der Waals surface area contributed by atoms with Crippen LogP contribution in [-0.2, 0) is 6.54 Å². The van der Waals surface area contributed by atoms with E-state index in [1.165, 1.54) is 0 Å². The van der Waals surface area contributed by atoms with Gasteiger partial charge in [0.15, 0.2) is 0 Å². The normalized spacial score (nSPS) is 19.1. The highest BCUT2D eigenvalue weighted by Crippen LogP contribution is 2.28. The summed E-state index contributed by atoms with van der Waals surface area (Å²) in [6.45, 7) is 4.22. The van der Waals surface area contributed by atoms with Crippen LogP contribution in [0.1, 0.15) is 25.3 Å². The summed E-state index contributed by atoms with van der Waals surface area (Å²) < 4.78 is 0. The molecule has 1 N–H and O–H groups in total. The number of hydrogen-bond acceptors (Lipinski definition) is 3. The molecule has 0 aliphatic carbocycles. The molecule has 1 fully saturated rings. The largest absolute Gasteiger partial charge is 0.387 e. The molecule has 1 aliphatic rings. The molecule has 0 unspecified atom stereocenters. The first-order chi connectivity index (χ1) is 8.02. The van der Waals surface area contributed by atoms with Gasteiger partial charge in [-0.25, -0.2) is 4.98 Å². The van der Waals surface area contributed by atoms with E-state index >= 15 is 0 Å². The topological polar surface area (TPSA) is 36.4 Å². The SMILES string of the molecule is CCCC1(O)CN(Cc2ccc(Cl)nc2Cl)C1. The van der Waals surface area contributed by atoms with E-state index in [-0.39, 0.29) is 0 Å². The van der Waals surface area contributed by atoms with Crippen LogP contribution >= 0.6 is 23.2 Å². The van der Waals surface area contributed by atoms with Gasteiger partial charge >= 0.3 is 0 Å². The van der Waals surface area contributed by atoms with Gasteiger partial charge in [0.25, 0.3) is 0 Å². The van der Waals surface area contributed by atoms with Gasteiger partial charge in [0.05, 0.1) is 5.60 Å². The Hall–Kier alpha value is -0.350. The van der Waals surface area contributed by atoms with Gasteiger partial charge in [0.1, 0.15) is 10.3 Å². The second-order valence-electron chi connectivity index (χ2n) is 4.70. The Kier molecular flexibility index (Phi) is 3.93. The van der Waals surface area contributed by atoms with E-state index in [1.807, 2.05) is 6.07 Å². The van der Waals surface area contributed by atoms with Crippen molar-refractivity contribution < 1.29 is 5.11 Å². The number of nitrogens with zero attached hydrogens (tertiary/aromatic N) is 2. The average molecular weight is 275 g/mol. The monoisotopic (exact) mass is 274 g/mol. The Morgan fingerprint density at radius 1 is 1.41 bits per heavy atom. The van der Waals surface area contributed by atoms with Gasteiger partial charge in [-0.1, -0.05) is 42.6 Å². The number of pyridine rings is 1. The van der Waals surface area contributed by atoms with Gasteiger partial charge in [-0.3, -0.25) is 4.90 Å². The van der Waals surface area contributed by atoms with E-state index in [4.69, 9.17) is 23.2 Å². The van der Waals surface area contributed by atoms with Crippen molar-refractivity contribution in [2.45, 2.75) is 31.9 Å². The summed E-state index contributed by atoms with van der Waals surface area (Å²) >= 11 is 11.7. The first-order valence-corrected chi connectivity index (χ1v) is 6.54. The summed E-state index contributed by atoms with van der Waals surface area (Å²) in [7, 11) is 0. The van der Waals surface area contributed by atoms with Crippen molar-refractivity contribution >= 4 is 23.2 Å². The molecule has 0 radical (unpaired) electrons. The van der Waals surface area contributed by atoms with Crippen LogP contribution in [0.25, 0.3) is 0 Å². The molecule has 0 aromatic carbocycles. The predicted octanol–water partition coefficient (Wildman–Crippen LogP) is 2.74. The van der Waals surface area contributed by atoms with Gasteiger partial charge in [-0.2, -0.15) is 0 Å². The van der Waals surface area contributed by atoms with Crippen LogP contribution in [0.3, 0.4) is 0 Å². The van der Waals surface area contributed by atoms with Crippen molar-refractivity contribution in [1.82, 2.24) is 9.88 Å². The highest BCUT2D eigenvalue weighted by molar-refractivity contribution is 6.32. The number of aliphatic hydroxyl groups is 1. The Morgan fingerprint density at radius 3 is 2.71 bits per heavy atom. The van der Waals surface area contributed by atoms with Crippen molar-refractivity contribution in [3.05, 3.63) is 28.0 Å². The third-order valence-corrected chi connectivity index (χ3v) is 3.57. The second-order valence-corrected chi connectivity index (χ2v) is 5.45. The zero-order chi connectivity index (χ0) is 12.5. The third-order valence-electron chi connectivity index (χ3n) is 3.04. The fourth-order valence-electron chi connectivity index (χ4n) is 2.32. The molecule has 2 heterocycles. The minimum atomic E-state index is -0.499. The van der Waals surface area contributed by atoms with Crippen molar-refractivity contribution in [3.63, 3.8) is 0 Å². The van der Waals surface area contributed by atoms with Crippen LogP contribution in [0.2, 0.25) is 10.3 Å². The van der Waals surface area contributed by atoms with E-state index in [1.54, 1.807) is 6.07 Å².